The number of nitrogens with one attached hydrogen (secondary N) is 1. The first-order valence-corrected chi connectivity index (χ1v) is 7.48. The quantitative estimate of drug-likeness (QED) is 0.816. The number of amides is 2. The summed E-state index contributed by atoms with van der Waals surface area (Å²) in [6, 6.07) is 9.83. The zero-order valence-corrected chi connectivity index (χ0v) is 12.3. The van der Waals surface area contributed by atoms with Crippen LogP contribution in [0.2, 0.25) is 0 Å². The van der Waals surface area contributed by atoms with Crippen LogP contribution in [0.5, 0.6) is 0 Å². The summed E-state index contributed by atoms with van der Waals surface area (Å²) in [6.07, 6.45) is 2.14. The van der Waals surface area contributed by atoms with Gasteiger partial charge in [-0.2, -0.15) is 0 Å². The second-order valence-electron chi connectivity index (χ2n) is 5.50. The summed E-state index contributed by atoms with van der Waals surface area (Å²) >= 11 is 0. The third-order valence-corrected chi connectivity index (χ3v) is 3.80. The summed E-state index contributed by atoms with van der Waals surface area (Å²) in [5, 5.41) is 3.26. The van der Waals surface area contributed by atoms with Gasteiger partial charge in [0.15, 0.2) is 0 Å². The molecule has 0 aromatic heterocycles. The van der Waals surface area contributed by atoms with Gasteiger partial charge in [0.05, 0.1) is 5.92 Å². The zero-order valence-electron chi connectivity index (χ0n) is 12.3. The minimum Gasteiger partial charge on any atom is -0.370 e. The van der Waals surface area contributed by atoms with Crippen LogP contribution in [0.4, 0.5) is 0 Å². The number of hydrogen-bond donors (Lipinski definition) is 2. The van der Waals surface area contributed by atoms with E-state index in [1.54, 1.807) is 4.90 Å². The van der Waals surface area contributed by atoms with Crippen molar-refractivity contribution in [2.24, 2.45) is 11.7 Å². The number of primary amides is 1. The molecule has 1 atom stereocenters. The lowest BCUT2D eigenvalue weighted by Crippen LogP contribution is -2.43. The van der Waals surface area contributed by atoms with Crippen molar-refractivity contribution in [2.45, 2.75) is 25.8 Å². The molecule has 1 aromatic carbocycles. The van der Waals surface area contributed by atoms with Crippen LogP contribution in [0.1, 0.15) is 24.8 Å². The number of rotatable bonds is 6. The molecule has 114 valence electrons. The molecule has 0 saturated carbocycles. The van der Waals surface area contributed by atoms with Gasteiger partial charge in [-0.05, 0) is 24.9 Å². The lowest BCUT2D eigenvalue weighted by atomic mass is 9.97. The van der Waals surface area contributed by atoms with E-state index in [-0.39, 0.29) is 24.2 Å². The molecule has 0 radical (unpaired) electrons. The summed E-state index contributed by atoms with van der Waals surface area (Å²) in [6.45, 7) is 2.62. The average Bonchev–Trinajstić information content (AvgIpc) is 2.52. The topological polar surface area (TPSA) is 75.4 Å². The van der Waals surface area contributed by atoms with Crippen molar-refractivity contribution in [1.29, 1.82) is 0 Å². The minimum absolute atomic E-state index is 0.00957. The van der Waals surface area contributed by atoms with Gasteiger partial charge in [-0.15, -0.1) is 0 Å². The molecule has 1 saturated heterocycles. The maximum absolute atomic E-state index is 12.6. The Hall–Kier alpha value is -1.88. The number of benzene rings is 1. The minimum atomic E-state index is -0.373. The fraction of sp³-hybridized carbons (Fsp3) is 0.500. The highest BCUT2D eigenvalue weighted by molar-refractivity contribution is 5.80. The number of nitrogens with zero attached hydrogens (tertiary/aromatic N) is 1. The van der Waals surface area contributed by atoms with E-state index in [4.69, 9.17) is 5.73 Å². The third kappa shape index (κ3) is 4.86. The van der Waals surface area contributed by atoms with Crippen LogP contribution < -0.4 is 11.1 Å². The molecule has 5 nitrogen and oxygen atoms in total. The number of nitrogens with two attached hydrogens (primary N) is 1. The van der Waals surface area contributed by atoms with E-state index in [0.29, 0.717) is 13.1 Å². The fourth-order valence-electron chi connectivity index (χ4n) is 2.64. The van der Waals surface area contributed by atoms with Crippen LogP contribution in [0.15, 0.2) is 30.3 Å². The molecular formula is C16H23N3O2. The molecule has 21 heavy (non-hydrogen) atoms. The van der Waals surface area contributed by atoms with Crippen LogP contribution in [-0.2, 0) is 16.1 Å². The van der Waals surface area contributed by atoms with E-state index in [1.165, 1.54) is 0 Å². The van der Waals surface area contributed by atoms with Crippen molar-refractivity contribution in [3.63, 3.8) is 0 Å². The van der Waals surface area contributed by atoms with Crippen molar-refractivity contribution in [1.82, 2.24) is 10.2 Å². The number of carbonyl (C=O) groups excluding carboxylic acids is 2. The molecule has 2 rings (SSSR count). The maximum atomic E-state index is 12.6. The highest BCUT2D eigenvalue weighted by Crippen LogP contribution is 2.16. The maximum Gasteiger partial charge on any atom is 0.227 e. The molecule has 2 amide bonds. The molecule has 3 N–H and O–H groups in total. The van der Waals surface area contributed by atoms with Gasteiger partial charge in [-0.25, -0.2) is 0 Å². The molecule has 0 bridgehead atoms. The van der Waals surface area contributed by atoms with E-state index >= 15 is 0 Å². The van der Waals surface area contributed by atoms with Crippen molar-refractivity contribution in [2.75, 3.05) is 19.6 Å². The van der Waals surface area contributed by atoms with Crippen molar-refractivity contribution >= 4 is 11.8 Å². The van der Waals surface area contributed by atoms with Crippen LogP contribution in [0, 0.1) is 5.92 Å². The SMILES string of the molecule is NC(=O)CCN(Cc1ccccc1)C(=O)[C@@H]1CCCNC1. The highest BCUT2D eigenvalue weighted by atomic mass is 16.2. The van der Waals surface area contributed by atoms with Gasteiger partial charge in [0.1, 0.15) is 0 Å². The lowest BCUT2D eigenvalue weighted by Gasteiger charge is -2.29. The Morgan fingerprint density at radius 1 is 1.29 bits per heavy atom. The Balaban J connectivity index is 2.03. The van der Waals surface area contributed by atoms with E-state index in [1.807, 2.05) is 30.3 Å². The number of hydrogen-bond acceptors (Lipinski definition) is 3. The monoisotopic (exact) mass is 289 g/mol. The molecule has 1 aromatic rings. The Labute approximate surface area is 125 Å². The summed E-state index contributed by atoms with van der Waals surface area (Å²) in [5.41, 5.74) is 6.29. The van der Waals surface area contributed by atoms with Crippen molar-refractivity contribution < 1.29 is 9.59 Å². The molecular weight excluding hydrogens is 266 g/mol. The molecule has 1 heterocycles. The van der Waals surface area contributed by atoms with E-state index < -0.39 is 0 Å². The first-order chi connectivity index (χ1) is 10.2. The first kappa shape index (κ1) is 15.5. The first-order valence-electron chi connectivity index (χ1n) is 7.48. The van der Waals surface area contributed by atoms with Gasteiger partial charge < -0.3 is 16.0 Å². The van der Waals surface area contributed by atoms with Crippen LogP contribution in [-0.4, -0.2) is 36.3 Å². The van der Waals surface area contributed by atoms with Gasteiger partial charge in [-0.1, -0.05) is 30.3 Å². The van der Waals surface area contributed by atoms with E-state index in [9.17, 15) is 9.59 Å². The zero-order chi connectivity index (χ0) is 15.1. The Morgan fingerprint density at radius 3 is 2.67 bits per heavy atom. The summed E-state index contributed by atoms with van der Waals surface area (Å²) < 4.78 is 0. The van der Waals surface area contributed by atoms with Crippen LogP contribution in [0.25, 0.3) is 0 Å². The van der Waals surface area contributed by atoms with E-state index in [0.717, 1.165) is 31.5 Å². The predicted octanol–water partition coefficient (Wildman–Crippen LogP) is 0.890. The number of carbonyl (C=O) groups is 2. The average molecular weight is 289 g/mol. The molecule has 0 unspecified atom stereocenters. The molecule has 1 aliphatic heterocycles. The smallest absolute Gasteiger partial charge is 0.227 e. The van der Waals surface area contributed by atoms with Gasteiger partial charge in [0.2, 0.25) is 11.8 Å². The predicted molar refractivity (Wildman–Crippen MR) is 81.3 cm³/mol. The van der Waals surface area contributed by atoms with Crippen molar-refractivity contribution in [3.8, 4) is 0 Å². The lowest BCUT2D eigenvalue weighted by molar-refractivity contribution is -0.137. The Morgan fingerprint density at radius 2 is 2.05 bits per heavy atom. The summed E-state index contributed by atoms with van der Waals surface area (Å²) in [5.74, 6) is -0.245. The van der Waals surface area contributed by atoms with Gasteiger partial charge in [-0.3, -0.25) is 9.59 Å². The number of piperidine rings is 1. The van der Waals surface area contributed by atoms with Gasteiger partial charge in [0, 0.05) is 26.1 Å². The molecule has 1 aliphatic rings. The van der Waals surface area contributed by atoms with Crippen LogP contribution in [0.3, 0.4) is 0 Å². The largest absolute Gasteiger partial charge is 0.370 e. The normalized spacial score (nSPS) is 18.2. The van der Waals surface area contributed by atoms with Gasteiger partial charge in [0.25, 0.3) is 0 Å². The second kappa shape index (κ2) is 7.78. The molecule has 0 aliphatic carbocycles. The molecule has 0 spiro atoms. The summed E-state index contributed by atoms with van der Waals surface area (Å²) in [4.78, 5) is 25.4. The van der Waals surface area contributed by atoms with Crippen molar-refractivity contribution in [3.05, 3.63) is 35.9 Å². The Bertz CT molecular complexity index is 470. The highest BCUT2D eigenvalue weighted by Gasteiger charge is 2.26. The molecule has 1 fully saturated rings. The van der Waals surface area contributed by atoms with E-state index in [2.05, 4.69) is 5.32 Å². The van der Waals surface area contributed by atoms with Crippen LogP contribution >= 0.6 is 0 Å². The fourth-order valence-corrected chi connectivity index (χ4v) is 2.64. The molecule has 5 heteroatoms. The Kier molecular flexibility index (Phi) is 5.75. The second-order valence-corrected chi connectivity index (χ2v) is 5.50. The summed E-state index contributed by atoms with van der Waals surface area (Å²) in [7, 11) is 0. The van der Waals surface area contributed by atoms with Gasteiger partial charge >= 0.3 is 0 Å². The standard InChI is InChI=1S/C16H23N3O2/c17-15(20)8-10-19(12-13-5-2-1-3-6-13)16(21)14-7-4-9-18-11-14/h1-3,5-6,14,18H,4,7-12H2,(H2,17,20)/t14-/m1/s1. The third-order valence-electron chi connectivity index (χ3n) is 3.80.